The first-order valence-electron chi connectivity index (χ1n) is 10.9. The van der Waals surface area contributed by atoms with Crippen LogP contribution in [-0.2, 0) is 4.74 Å². The first kappa shape index (κ1) is 23.0. The molecule has 1 saturated carbocycles. The van der Waals surface area contributed by atoms with E-state index in [2.05, 4.69) is 48.0 Å². The van der Waals surface area contributed by atoms with Gasteiger partial charge in [-0.3, -0.25) is 9.89 Å². The highest BCUT2D eigenvalue weighted by atomic mass is 79.9. The van der Waals surface area contributed by atoms with E-state index in [9.17, 15) is 9.59 Å². The molecule has 10 heteroatoms. The number of carbonyl (C=O) groups excluding carboxylic acids is 2. The van der Waals surface area contributed by atoms with E-state index < -0.39 is 11.7 Å². The van der Waals surface area contributed by atoms with E-state index in [0.29, 0.717) is 35.7 Å². The molecule has 2 aliphatic rings. The summed E-state index contributed by atoms with van der Waals surface area (Å²) in [6, 6.07) is 9.12. The van der Waals surface area contributed by atoms with Gasteiger partial charge in [0.1, 0.15) is 11.4 Å². The third-order valence-corrected chi connectivity index (χ3v) is 6.90. The first-order chi connectivity index (χ1) is 15.8. The zero-order valence-corrected chi connectivity index (χ0v) is 20.0. The zero-order chi connectivity index (χ0) is 23.6. The van der Waals surface area contributed by atoms with Crippen molar-refractivity contribution in [3.05, 3.63) is 51.3 Å². The topological polar surface area (TPSA) is 132 Å². The number of rotatable bonds is 5. The number of amides is 2. The van der Waals surface area contributed by atoms with Gasteiger partial charge in [-0.15, -0.1) is 0 Å². The molecule has 33 heavy (non-hydrogen) atoms. The number of nitrogens with zero attached hydrogens (tertiary/aromatic N) is 3. The summed E-state index contributed by atoms with van der Waals surface area (Å²) in [5, 5.41) is 23.3. The number of aromatic nitrogens is 2. The average molecular weight is 513 g/mol. The second-order valence-electron chi connectivity index (χ2n) is 8.75. The molecular weight excluding hydrogens is 488 g/mol. The number of halogens is 1. The SMILES string of the molecule is Cc1cc(C(=O)N[C@@H](C)CC2CCC3(CC2)OC(=O)NN=C3c2ccc(C#N)cc2Br)n[nH]1. The molecular formula is C23H25BrN6O3. The summed E-state index contributed by atoms with van der Waals surface area (Å²) < 4.78 is 6.55. The Morgan fingerprint density at radius 1 is 1.39 bits per heavy atom. The summed E-state index contributed by atoms with van der Waals surface area (Å²) in [7, 11) is 0. The van der Waals surface area contributed by atoms with Gasteiger partial charge in [-0.2, -0.15) is 15.5 Å². The number of aryl methyl sites for hydroxylation is 1. The molecule has 1 fully saturated rings. The molecule has 4 rings (SSSR count). The second-order valence-corrected chi connectivity index (χ2v) is 9.61. The highest BCUT2D eigenvalue weighted by Crippen LogP contribution is 2.41. The molecule has 3 N–H and O–H groups in total. The second kappa shape index (κ2) is 9.35. The summed E-state index contributed by atoms with van der Waals surface area (Å²) in [6.07, 6.45) is 3.20. The lowest BCUT2D eigenvalue weighted by atomic mass is 9.73. The number of benzene rings is 1. The number of carbonyl (C=O) groups is 2. The standard InChI is InChI=1S/C23H25BrN6O3/c1-13(26-21(31)19-10-14(2)27-28-19)9-15-5-7-23(8-6-15)20(29-30-22(32)33-23)17-4-3-16(12-25)11-18(17)24/h3-4,10-11,13,15H,5-9H2,1-2H3,(H,26,31)(H,27,28)(H,30,32)/t13-,15?,23?/m0/s1. The molecule has 0 saturated heterocycles. The van der Waals surface area contributed by atoms with Crippen molar-refractivity contribution >= 4 is 33.6 Å². The molecule has 1 atom stereocenters. The summed E-state index contributed by atoms with van der Waals surface area (Å²) in [5.74, 6) is 0.192. The number of nitrogens with one attached hydrogen (secondary N) is 3. The van der Waals surface area contributed by atoms with E-state index in [1.807, 2.05) is 19.9 Å². The predicted octanol–water partition coefficient (Wildman–Crippen LogP) is 3.93. The summed E-state index contributed by atoms with van der Waals surface area (Å²) in [4.78, 5) is 24.4. The minimum atomic E-state index is -0.811. The lowest BCUT2D eigenvalue weighted by Gasteiger charge is -2.42. The van der Waals surface area contributed by atoms with Crippen LogP contribution in [0.1, 0.15) is 66.3 Å². The van der Waals surface area contributed by atoms with E-state index in [1.54, 1.807) is 18.2 Å². The number of ether oxygens (including phenoxy) is 1. The van der Waals surface area contributed by atoms with Crippen LogP contribution in [0.2, 0.25) is 0 Å². The van der Waals surface area contributed by atoms with Gasteiger partial charge in [0.25, 0.3) is 5.91 Å². The quantitative estimate of drug-likeness (QED) is 0.557. The molecule has 1 aliphatic heterocycles. The fraction of sp³-hybridized carbons (Fsp3) is 0.435. The molecule has 0 unspecified atom stereocenters. The van der Waals surface area contributed by atoms with E-state index >= 15 is 0 Å². The summed E-state index contributed by atoms with van der Waals surface area (Å²) in [6.45, 7) is 3.85. The van der Waals surface area contributed by atoms with Crippen molar-refractivity contribution in [1.29, 1.82) is 5.26 Å². The minimum absolute atomic E-state index is 0.00932. The maximum atomic E-state index is 12.4. The third kappa shape index (κ3) is 4.93. The van der Waals surface area contributed by atoms with Gasteiger partial charge in [-0.05, 0) is 70.1 Å². The van der Waals surface area contributed by atoms with Crippen LogP contribution in [0.5, 0.6) is 0 Å². The fourth-order valence-electron chi connectivity index (χ4n) is 4.64. The van der Waals surface area contributed by atoms with Gasteiger partial charge in [-0.1, -0.05) is 22.0 Å². The lowest BCUT2D eigenvalue weighted by molar-refractivity contribution is 0.0154. The Morgan fingerprint density at radius 3 is 2.79 bits per heavy atom. The van der Waals surface area contributed by atoms with Gasteiger partial charge in [0.2, 0.25) is 0 Å². The van der Waals surface area contributed by atoms with Crippen molar-refractivity contribution < 1.29 is 14.3 Å². The van der Waals surface area contributed by atoms with Crippen molar-refractivity contribution in [3.63, 3.8) is 0 Å². The van der Waals surface area contributed by atoms with Crippen LogP contribution in [0.25, 0.3) is 0 Å². The number of nitriles is 1. The molecule has 9 nitrogen and oxygen atoms in total. The molecule has 1 spiro atoms. The highest BCUT2D eigenvalue weighted by molar-refractivity contribution is 9.10. The van der Waals surface area contributed by atoms with Crippen molar-refractivity contribution in [2.45, 2.75) is 57.6 Å². The number of hydrogen-bond acceptors (Lipinski definition) is 6. The maximum absolute atomic E-state index is 12.4. The molecule has 2 amide bonds. The first-order valence-corrected chi connectivity index (χ1v) is 11.7. The predicted molar refractivity (Wildman–Crippen MR) is 125 cm³/mol. The van der Waals surface area contributed by atoms with Gasteiger partial charge in [0, 0.05) is 21.8 Å². The average Bonchev–Trinajstić information content (AvgIpc) is 3.22. The summed E-state index contributed by atoms with van der Waals surface area (Å²) >= 11 is 3.53. The molecule has 2 heterocycles. The van der Waals surface area contributed by atoms with Gasteiger partial charge in [0.15, 0.2) is 5.60 Å². The maximum Gasteiger partial charge on any atom is 0.428 e. The van der Waals surface area contributed by atoms with E-state index in [4.69, 9.17) is 10.00 Å². The number of hydrazone groups is 1. The number of hydrogen-bond donors (Lipinski definition) is 3. The molecule has 1 aromatic carbocycles. The monoisotopic (exact) mass is 512 g/mol. The molecule has 1 aliphatic carbocycles. The fourth-order valence-corrected chi connectivity index (χ4v) is 5.21. The van der Waals surface area contributed by atoms with Crippen molar-refractivity contribution in [2.75, 3.05) is 0 Å². The van der Waals surface area contributed by atoms with Gasteiger partial charge < -0.3 is 10.1 Å². The Balaban J connectivity index is 1.42. The largest absolute Gasteiger partial charge is 0.435 e. The van der Waals surface area contributed by atoms with Crippen molar-refractivity contribution in [3.8, 4) is 6.07 Å². The van der Waals surface area contributed by atoms with Crippen LogP contribution in [-0.4, -0.2) is 39.6 Å². The molecule has 172 valence electrons. The van der Waals surface area contributed by atoms with Crippen LogP contribution in [0.3, 0.4) is 0 Å². The Labute approximate surface area is 200 Å². The highest BCUT2D eigenvalue weighted by Gasteiger charge is 2.46. The van der Waals surface area contributed by atoms with Gasteiger partial charge >= 0.3 is 6.09 Å². The molecule has 0 radical (unpaired) electrons. The van der Waals surface area contributed by atoms with Crippen LogP contribution in [0.4, 0.5) is 4.79 Å². The molecule has 0 bridgehead atoms. The Bertz CT molecular complexity index is 1140. The number of aromatic amines is 1. The normalized spacial score (nSPS) is 23.2. The Kier molecular flexibility index (Phi) is 6.51. The lowest BCUT2D eigenvalue weighted by Crippen LogP contribution is -2.52. The van der Waals surface area contributed by atoms with Gasteiger partial charge in [-0.25, -0.2) is 10.2 Å². The van der Waals surface area contributed by atoms with Gasteiger partial charge in [0.05, 0.1) is 11.6 Å². The van der Waals surface area contributed by atoms with E-state index in [0.717, 1.165) is 35.0 Å². The Hall–Kier alpha value is -3.19. The van der Waals surface area contributed by atoms with Crippen LogP contribution in [0.15, 0.2) is 33.8 Å². The van der Waals surface area contributed by atoms with Crippen molar-refractivity contribution in [1.82, 2.24) is 20.9 Å². The Morgan fingerprint density at radius 2 is 2.15 bits per heavy atom. The van der Waals surface area contributed by atoms with Crippen molar-refractivity contribution in [2.24, 2.45) is 11.0 Å². The molecule has 1 aromatic heterocycles. The zero-order valence-electron chi connectivity index (χ0n) is 18.4. The van der Waals surface area contributed by atoms with Crippen LogP contribution >= 0.6 is 15.9 Å². The molecule has 2 aromatic rings. The van der Waals surface area contributed by atoms with E-state index in [1.165, 1.54) is 0 Å². The minimum Gasteiger partial charge on any atom is -0.435 e. The van der Waals surface area contributed by atoms with Crippen LogP contribution < -0.4 is 10.7 Å². The van der Waals surface area contributed by atoms with E-state index in [-0.39, 0.29) is 11.9 Å². The smallest absolute Gasteiger partial charge is 0.428 e. The third-order valence-electron chi connectivity index (χ3n) is 6.25. The summed E-state index contributed by atoms with van der Waals surface area (Å²) in [5.41, 5.74) is 4.83. The number of H-pyrrole nitrogens is 1. The van der Waals surface area contributed by atoms with Crippen LogP contribution in [0, 0.1) is 24.2 Å².